The molecule has 0 aliphatic rings. The molecule has 1 aromatic heterocycles. The molecular weight excluding hydrogens is 338 g/mol. The molecule has 0 spiro atoms. The van der Waals surface area contributed by atoms with Gasteiger partial charge in [-0.15, -0.1) is 0 Å². The molecule has 0 aliphatic heterocycles. The standard InChI is InChI=1S/C19H19NO4S/c1-4-24-19(21)18-14(3)20(17-8-6-5-7-16(17)18)25(22,23)15-11-9-13(2)10-12-15/h5-12H,4H2,1-3H3. The van der Waals surface area contributed by atoms with Crippen molar-refractivity contribution < 1.29 is 17.9 Å². The predicted octanol–water partition coefficient (Wildman–Crippen LogP) is 3.67. The van der Waals surface area contributed by atoms with Gasteiger partial charge in [-0.1, -0.05) is 35.9 Å². The molecule has 0 saturated carbocycles. The molecule has 2 aromatic carbocycles. The van der Waals surface area contributed by atoms with Crippen LogP contribution in [0.3, 0.4) is 0 Å². The molecule has 1 heterocycles. The van der Waals surface area contributed by atoms with Crippen LogP contribution in [0.5, 0.6) is 0 Å². The first-order valence-corrected chi connectivity index (χ1v) is 9.41. The Hall–Kier alpha value is -2.60. The largest absolute Gasteiger partial charge is 0.462 e. The number of ether oxygens (including phenoxy) is 1. The summed E-state index contributed by atoms with van der Waals surface area (Å²) in [6.45, 7) is 5.46. The van der Waals surface area contributed by atoms with Gasteiger partial charge in [-0.25, -0.2) is 17.2 Å². The average molecular weight is 357 g/mol. The van der Waals surface area contributed by atoms with Crippen molar-refractivity contribution in [2.45, 2.75) is 25.7 Å². The van der Waals surface area contributed by atoms with Crippen LogP contribution in [-0.4, -0.2) is 25.0 Å². The molecule has 6 heteroatoms. The van der Waals surface area contributed by atoms with Crippen molar-refractivity contribution in [2.75, 3.05) is 6.61 Å². The number of benzene rings is 2. The number of hydrogen-bond donors (Lipinski definition) is 0. The summed E-state index contributed by atoms with van der Waals surface area (Å²) in [6.07, 6.45) is 0. The normalized spacial score (nSPS) is 11.6. The van der Waals surface area contributed by atoms with Crippen molar-refractivity contribution in [2.24, 2.45) is 0 Å². The van der Waals surface area contributed by atoms with Crippen LogP contribution in [0.25, 0.3) is 10.9 Å². The van der Waals surface area contributed by atoms with Crippen molar-refractivity contribution in [3.8, 4) is 0 Å². The molecule has 0 saturated heterocycles. The van der Waals surface area contributed by atoms with Crippen LogP contribution in [0.4, 0.5) is 0 Å². The number of rotatable bonds is 4. The van der Waals surface area contributed by atoms with Gasteiger partial charge in [-0.05, 0) is 39.0 Å². The Labute approximate surface area is 146 Å². The van der Waals surface area contributed by atoms with Gasteiger partial charge in [0.25, 0.3) is 10.0 Å². The Kier molecular flexibility index (Phi) is 4.39. The van der Waals surface area contributed by atoms with E-state index in [1.54, 1.807) is 62.4 Å². The summed E-state index contributed by atoms with van der Waals surface area (Å²) in [5.74, 6) is -0.519. The number of hydrogen-bond acceptors (Lipinski definition) is 4. The van der Waals surface area contributed by atoms with Crippen LogP contribution in [0, 0.1) is 13.8 Å². The maximum atomic E-state index is 13.2. The third-order valence-corrected chi connectivity index (χ3v) is 5.92. The van der Waals surface area contributed by atoms with Crippen LogP contribution in [0.1, 0.15) is 28.5 Å². The number of aryl methyl sites for hydroxylation is 1. The van der Waals surface area contributed by atoms with Gasteiger partial charge >= 0.3 is 5.97 Å². The lowest BCUT2D eigenvalue weighted by molar-refractivity contribution is 0.0528. The van der Waals surface area contributed by atoms with Gasteiger partial charge in [-0.3, -0.25) is 0 Å². The quantitative estimate of drug-likeness (QED) is 0.668. The molecule has 0 fully saturated rings. The molecular formula is C19H19NO4S. The molecule has 3 aromatic rings. The van der Waals surface area contributed by atoms with Crippen LogP contribution in [0.15, 0.2) is 53.4 Å². The van der Waals surface area contributed by atoms with Crippen molar-refractivity contribution in [3.63, 3.8) is 0 Å². The van der Waals surface area contributed by atoms with Gasteiger partial charge in [0.15, 0.2) is 0 Å². The van der Waals surface area contributed by atoms with Gasteiger partial charge < -0.3 is 4.74 Å². The molecule has 0 radical (unpaired) electrons. The lowest BCUT2D eigenvalue weighted by atomic mass is 10.1. The van der Waals surface area contributed by atoms with Gasteiger partial charge in [0, 0.05) is 11.1 Å². The Morgan fingerprint density at radius 2 is 1.68 bits per heavy atom. The number of fused-ring (bicyclic) bond motifs is 1. The van der Waals surface area contributed by atoms with Crippen molar-refractivity contribution in [1.29, 1.82) is 0 Å². The van der Waals surface area contributed by atoms with Gasteiger partial charge in [0.05, 0.1) is 22.6 Å². The van der Waals surface area contributed by atoms with Gasteiger partial charge in [0.2, 0.25) is 0 Å². The van der Waals surface area contributed by atoms with Crippen molar-refractivity contribution >= 4 is 26.9 Å². The van der Waals surface area contributed by atoms with E-state index in [1.165, 1.54) is 3.97 Å². The second kappa shape index (κ2) is 6.37. The highest BCUT2D eigenvalue weighted by atomic mass is 32.2. The fraction of sp³-hybridized carbons (Fsp3) is 0.211. The summed E-state index contributed by atoms with van der Waals surface area (Å²) in [6, 6.07) is 13.6. The fourth-order valence-corrected chi connectivity index (χ4v) is 4.49. The Morgan fingerprint density at radius 1 is 1.04 bits per heavy atom. The summed E-state index contributed by atoms with van der Waals surface area (Å²) in [5, 5.41) is 0.564. The van der Waals surface area contributed by atoms with Crippen LogP contribution in [0.2, 0.25) is 0 Å². The van der Waals surface area contributed by atoms with E-state index >= 15 is 0 Å². The van der Waals surface area contributed by atoms with Crippen molar-refractivity contribution in [1.82, 2.24) is 3.97 Å². The van der Waals surface area contributed by atoms with Crippen LogP contribution >= 0.6 is 0 Å². The van der Waals surface area contributed by atoms with E-state index in [1.807, 2.05) is 6.92 Å². The zero-order valence-electron chi connectivity index (χ0n) is 14.3. The molecule has 0 N–H and O–H groups in total. The molecule has 130 valence electrons. The van der Waals surface area contributed by atoms with E-state index in [9.17, 15) is 13.2 Å². The van der Waals surface area contributed by atoms with Crippen molar-refractivity contribution in [3.05, 3.63) is 65.4 Å². The Balaban J connectivity index is 2.31. The third kappa shape index (κ3) is 2.82. The SMILES string of the molecule is CCOC(=O)c1c(C)n(S(=O)(=O)c2ccc(C)cc2)c2ccccc12. The highest BCUT2D eigenvalue weighted by molar-refractivity contribution is 7.90. The Morgan fingerprint density at radius 3 is 2.32 bits per heavy atom. The first-order chi connectivity index (χ1) is 11.9. The van der Waals surface area contributed by atoms with Crippen LogP contribution < -0.4 is 0 Å². The summed E-state index contributed by atoms with van der Waals surface area (Å²) < 4.78 is 32.7. The predicted molar refractivity (Wildman–Crippen MR) is 96.4 cm³/mol. The molecule has 0 bridgehead atoms. The zero-order chi connectivity index (χ0) is 18.2. The summed E-state index contributed by atoms with van der Waals surface area (Å²) in [5.41, 5.74) is 2.07. The maximum Gasteiger partial charge on any atom is 0.340 e. The Bertz CT molecular complexity index is 1050. The number of esters is 1. The highest BCUT2D eigenvalue weighted by Crippen LogP contribution is 2.30. The molecule has 0 amide bonds. The van der Waals surface area contributed by atoms with Gasteiger partial charge in [-0.2, -0.15) is 0 Å². The molecule has 0 unspecified atom stereocenters. The number of para-hydroxylation sites is 1. The summed E-state index contributed by atoms with van der Waals surface area (Å²) >= 11 is 0. The third-order valence-electron chi connectivity index (χ3n) is 4.10. The molecule has 0 aliphatic carbocycles. The molecule has 3 rings (SSSR count). The first-order valence-electron chi connectivity index (χ1n) is 7.97. The monoisotopic (exact) mass is 357 g/mol. The van der Waals surface area contributed by atoms with E-state index in [-0.39, 0.29) is 17.1 Å². The lowest BCUT2D eigenvalue weighted by Crippen LogP contribution is -2.15. The fourth-order valence-electron chi connectivity index (χ4n) is 2.93. The second-order valence-electron chi connectivity index (χ2n) is 5.78. The minimum atomic E-state index is -3.83. The maximum absolute atomic E-state index is 13.2. The second-order valence-corrected chi connectivity index (χ2v) is 7.57. The van der Waals surface area contributed by atoms with E-state index in [2.05, 4.69) is 0 Å². The molecule has 25 heavy (non-hydrogen) atoms. The smallest absolute Gasteiger partial charge is 0.340 e. The van der Waals surface area contributed by atoms with E-state index < -0.39 is 16.0 Å². The van der Waals surface area contributed by atoms with E-state index in [4.69, 9.17) is 4.74 Å². The van der Waals surface area contributed by atoms with Crippen LogP contribution in [-0.2, 0) is 14.8 Å². The number of carbonyl (C=O) groups is 1. The first kappa shape index (κ1) is 17.2. The molecule has 0 atom stereocenters. The minimum absolute atomic E-state index is 0.178. The lowest BCUT2D eigenvalue weighted by Gasteiger charge is -2.10. The molecule has 5 nitrogen and oxygen atoms in total. The topological polar surface area (TPSA) is 65.4 Å². The number of nitrogens with zero attached hydrogens (tertiary/aromatic N) is 1. The minimum Gasteiger partial charge on any atom is -0.462 e. The zero-order valence-corrected chi connectivity index (χ0v) is 15.1. The summed E-state index contributed by atoms with van der Waals surface area (Å²) in [7, 11) is -3.83. The van der Waals surface area contributed by atoms with E-state index in [0.717, 1.165) is 5.56 Å². The average Bonchev–Trinajstić information content (AvgIpc) is 2.88. The number of carbonyl (C=O) groups excluding carboxylic acids is 1. The van der Waals surface area contributed by atoms with Gasteiger partial charge in [0.1, 0.15) is 0 Å². The highest BCUT2D eigenvalue weighted by Gasteiger charge is 2.28. The number of aromatic nitrogens is 1. The summed E-state index contributed by atoms with van der Waals surface area (Å²) in [4.78, 5) is 12.5. The van der Waals surface area contributed by atoms with E-state index in [0.29, 0.717) is 16.6 Å².